The molecule has 0 radical (unpaired) electrons. The molecule has 2 aromatic carbocycles. The Morgan fingerprint density at radius 1 is 1.15 bits per heavy atom. The first-order valence-corrected chi connectivity index (χ1v) is 10.3. The van der Waals surface area contributed by atoms with E-state index in [1.807, 2.05) is 35.0 Å². The fourth-order valence-corrected chi connectivity index (χ4v) is 4.62. The maximum Gasteiger partial charge on any atom is 0.256 e. The molecule has 0 bridgehead atoms. The van der Waals surface area contributed by atoms with Gasteiger partial charge in [0.1, 0.15) is 0 Å². The predicted octanol–water partition coefficient (Wildman–Crippen LogP) is 4.35. The molecule has 2 heterocycles. The van der Waals surface area contributed by atoms with Gasteiger partial charge in [-0.25, -0.2) is 4.98 Å². The highest BCUT2D eigenvalue weighted by atomic mass is 79.9. The summed E-state index contributed by atoms with van der Waals surface area (Å²) < 4.78 is 3.98. The number of nitrogens with one attached hydrogen (secondary N) is 2. The molecule has 1 aliphatic heterocycles. The monoisotopic (exact) mass is 488 g/mol. The second-order valence-electron chi connectivity index (χ2n) is 6.57. The second kappa shape index (κ2) is 7.96. The maximum absolute atomic E-state index is 12.6. The molecule has 7 heteroatoms. The first-order valence-electron chi connectivity index (χ1n) is 8.67. The van der Waals surface area contributed by atoms with Crippen molar-refractivity contribution in [3.05, 3.63) is 80.1 Å². The number of hydrogen-bond acceptors (Lipinski definition) is 3. The Kier molecular flexibility index (Phi) is 5.43. The molecule has 4 rings (SSSR count). The highest BCUT2D eigenvalue weighted by molar-refractivity contribution is 9.11. The lowest BCUT2D eigenvalue weighted by Gasteiger charge is -2.17. The summed E-state index contributed by atoms with van der Waals surface area (Å²) in [5, 5.41) is 6.23. The van der Waals surface area contributed by atoms with E-state index >= 15 is 0 Å². The van der Waals surface area contributed by atoms with Crippen LogP contribution in [-0.2, 0) is 19.5 Å². The SMILES string of the molecule is O=C(Nc1cn(Cc2cc(Br)cc(Br)c2)cn1)c1ccc2c(c1)CCNC2. The van der Waals surface area contributed by atoms with Gasteiger partial charge in [0.25, 0.3) is 5.91 Å². The van der Waals surface area contributed by atoms with Gasteiger partial charge in [-0.15, -0.1) is 0 Å². The second-order valence-corrected chi connectivity index (χ2v) is 8.40. The quantitative estimate of drug-likeness (QED) is 0.572. The van der Waals surface area contributed by atoms with Crippen molar-refractivity contribution < 1.29 is 4.79 Å². The van der Waals surface area contributed by atoms with Gasteiger partial charge in [-0.05, 0) is 60.0 Å². The molecule has 1 aliphatic rings. The summed E-state index contributed by atoms with van der Waals surface area (Å²) in [5.41, 5.74) is 4.31. The Bertz CT molecular complexity index is 979. The van der Waals surface area contributed by atoms with Crippen molar-refractivity contribution in [2.45, 2.75) is 19.5 Å². The summed E-state index contributed by atoms with van der Waals surface area (Å²) >= 11 is 7.00. The van der Waals surface area contributed by atoms with Crippen molar-refractivity contribution in [3.8, 4) is 0 Å². The van der Waals surface area contributed by atoms with Gasteiger partial charge in [0.2, 0.25) is 0 Å². The average Bonchev–Trinajstić information content (AvgIpc) is 3.07. The molecule has 0 spiro atoms. The van der Waals surface area contributed by atoms with Gasteiger partial charge < -0.3 is 15.2 Å². The summed E-state index contributed by atoms with van der Waals surface area (Å²) in [4.78, 5) is 16.9. The van der Waals surface area contributed by atoms with Gasteiger partial charge >= 0.3 is 0 Å². The van der Waals surface area contributed by atoms with Crippen molar-refractivity contribution >= 4 is 43.6 Å². The van der Waals surface area contributed by atoms with E-state index in [-0.39, 0.29) is 5.91 Å². The normalized spacial score (nSPS) is 13.3. The summed E-state index contributed by atoms with van der Waals surface area (Å²) in [6.07, 6.45) is 4.52. The van der Waals surface area contributed by atoms with Gasteiger partial charge in [0.15, 0.2) is 5.82 Å². The molecule has 0 atom stereocenters. The molecule has 1 amide bonds. The molecule has 27 heavy (non-hydrogen) atoms. The van der Waals surface area contributed by atoms with Crippen molar-refractivity contribution in [2.75, 3.05) is 11.9 Å². The van der Waals surface area contributed by atoms with E-state index in [9.17, 15) is 4.79 Å². The zero-order valence-corrected chi connectivity index (χ0v) is 17.7. The van der Waals surface area contributed by atoms with E-state index in [4.69, 9.17) is 0 Å². The van der Waals surface area contributed by atoms with Crippen LogP contribution in [0.2, 0.25) is 0 Å². The Balaban J connectivity index is 1.45. The fourth-order valence-electron chi connectivity index (χ4n) is 3.23. The van der Waals surface area contributed by atoms with E-state index in [0.29, 0.717) is 17.9 Å². The summed E-state index contributed by atoms with van der Waals surface area (Å²) in [6.45, 7) is 2.49. The number of hydrogen-bond donors (Lipinski definition) is 2. The van der Waals surface area contributed by atoms with Crippen molar-refractivity contribution in [3.63, 3.8) is 0 Å². The zero-order valence-electron chi connectivity index (χ0n) is 14.5. The van der Waals surface area contributed by atoms with Crippen LogP contribution in [0.25, 0.3) is 0 Å². The van der Waals surface area contributed by atoms with Crippen LogP contribution in [0.3, 0.4) is 0 Å². The van der Waals surface area contributed by atoms with Crippen LogP contribution < -0.4 is 10.6 Å². The number of rotatable bonds is 4. The van der Waals surface area contributed by atoms with E-state index in [1.165, 1.54) is 11.1 Å². The zero-order chi connectivity index (χ0) is 18.8. The Labute approximate surface area is 174 Å². The molecule has 1 aromatic heterocycles. The lowest BCUT2D eigenvalue weighted by molar-refractivity contribution is 0.102. The molecule has 0 unspecified atom stereocenters. The van der Waals surface area contributed by atoms with Crippen LogP contribution in [0.5, 0.6) is 0 Å². The van der Waals surface area contributed by atoms with Crippen molar-refractivity contribution in [1.82, 2.24) is 14.9 Å². The number of nitrogens with zero attached hydrogens (tertiary/aromatic N) is 2. The Morgan fingerprint density at radius 3 is 2.78 bits per heavy atom. The molecule has 5 nitrogen and oxygen atoms in total. The highest BCUT2D eigenvalue weighted by Gasteiger charge is 2.13. The number of imidazole rings is 1. The summed E-state index contributed by atoms with van der Waals surface area (Å²) in [7, 11) is 0. The summed E-state index contributed by atoms with van der Waals surface area (Å²) in [5.74, 6) is 0.417. The summed E-state index contributed by atoms with van der Waals surface area (Å²) in [6, 6.07) is 12.0. The van der Waals surface area contributed by atoms with Crippen LogP contribution in [0.15, 0.2) is 57.9 Å². The van der Waals surface area contributed by atoms with E-state index in [0.717, 1.165) is 34.0 Å². The third-order valence-corrected chi connectivity index (χ3v) is 5.43. The molecule has 0 fully saturated rings. The molecular formula is C20H18Br2N4O. The van der Waals surface area contributed by atoms with E-state index < -0.39 is 0 Å². The third-order valence-electron chi connectivity index (χ3n) is 4.52. The largest absolute Gasteiger partial charge is 0.331 e. The third kappa shape index (κ3) is 4.48. The molecule has 0 saturated carbocycles. The van der Waals surface area contributed by atoms with Crippen LogP contribution in [0.4, 0.5) is 5.82 Å². The maximum atomic E-state index is 12.6. The average molecular weight is 490 g/mol. The number of halogens is 2. The number of carbonyl (C=O) groups excluding carboxylic acids is 1. The molecule has 138 valence electrons. The molecular weight excluding hydrogens is 472 g/mol. The van der Waals surface area contributed by atoms with E-state index in [1.54, 1.807) is 6.33 Å². The molecule has 0 aliphatic carbocycles. The molecule has 0 saturated heterocycles. The minimum atomic E-state index is -0.133. The number of amides is 1. The van der Waals surface area contributed by atoms with Gasteiger partial charge in [-0.2, -0.15) is 0 Å². The molecule has 2 N–H and O–H groups in total. The number of benzene rings is 2. The smallest absolute Gasteiger partial charge is 0.256 e. The topological polar surface area (TPSA) is 59.0 Å². The predicted molar refractivity (Wildman–Crippen MR) is 113 cm³/mol. The van der Waals surface area contributed by atoms with Gasteiger partial charge in [0.05, 0.1) is 6.33 Å². The van der Waals surface area contributed by atoms with Gasteiger partial charge in [0, 0.05) is 33.8 Å². The Hall–Kier alpha value is -1.96. The minimum Gasteiger partial charge on any atom is -0.331 e. The molecule has 3 aromatic rings. The lowest BCUT2D eigenvalue weighted by Crippen LogP contribution is -2.24. The van der Waals surface area contributed by atoms with Crippen molar-refractivity contribution in [1.29, 1.82) is 0 Å². The van der Waals surface area contributed by atoms with E-state index in [2.05, 4.69) is 59.6 Å². The van der Waals surface area contributed by atoms with Gasteiger partial charge in [-0.1, -0.05) is 37.9 Å². The number of fused-ring (bicyclic) bond motifs is 1. The first-order chi connectivity index (χ1) is 13.1. The van der Waals surface area contributed by atoms with Crippen molar-refractivity contribution in [2.24, 2.45) is 0 Å². The van der Waals surface area contributed by atoms with Crippen LogP contribution in [0.1, 0.15) is 27.0 Å². The number of anilines is 1. The van der Waals surface area contributed by atoms with Crippen LogP contribution in [-0.4, -0.2) is 22.0 Å². The van der Waals surface area contributed by atoms with Crippen LogP contribution >= 0.6 is 31.9 Å². The first kappa shape index (κ1) is 18.4. The number of aromatic nitrogens is 2. The highest BCUT2D eigenvalue weighted by Crippen LogP contribution is 2.21. The lowest BCUT2D eigenvalue weighted by atomic mass is 9.98. The minimum absolute atomic E-state index is 0.133. The fraction of sp³-hybridized carbons (Fsp3) is 0.200. The van der Waals surface area contributed by atoms with Gasteiger partial charge in [-0.3, -0.25) is 4.79 Å². The standard InChI is InChI=1S/C20H18Br2N4O/c21-17-5-13(6-18(22)8-17)10-26-11-19(24-12-26)25-20(27)15-1-2-16-9-23-4-3-14(16)7-15/h1-2,5-8,11-12,23H,3-4,9-10H2,(H,25,27). The van der Waals surface area contributed by atoms with Crippen LogP contribution in [0, 0.1) is 0 Å². The Morgan fingerprint density at radius 2 is 1.96 bits per heavy atom. The number of carbonyl (C=O) groups is 1.